The molecule has 0 unspecified atom stereocenters. The van der Waals surface area contributed by atoms with Gasteiger partial charge >= 0.3 is 0 Å². The van der Waals surface area contributed by atoms with E-state index in [1.54, 1.807) is 6.20 Å². The third kappa shape index (κ3) is 3.34. The summed E-state index contributed by atoms with van der Waals surface area (Å²) in [5.41, 5.74) is 0.727. The maximum Gasteiger partial charge on any atom is 0.283 e. The molecule has 1 aromatic rings. The van der Waals surface area contributed by atoms with Crippen molar-refractivity contribution in [1.29, 1.82) is 0 Å². The highest BCUT2D eigenvalue weighted by Crippen LogP contribution is 2.33. The van der Waals surface area contributed by atoms with Gasteiger partial charge in [0.15, 0.2) is 0 Å². The van der Waals surface area contributed by atoms with E-state index in [-0.39, 0.29) is 11.6 Å². The lowest BCUT2D eigenvalue weighted by Crippen LogP contribution is -2.26. The molecule has 1 heterocycles. The van der Waals surface area contributed by atoms with Crippen LogP contribution in [0.5, 0.6) is 0 Å². The minimum absolute atomic E-state index is 0.0720. The molecular formula is C13H20BrN3O. The Bertz CT molecular complexity index is 466. The summed E-state index contributed by atoms with van der Waals surface area (Å²) in [4.78, 5) is 12.0. The molecule has 1 N–H and O–H groups in total. The highest BCUT2D eigenvalue weighted by molar-refractivity contribution is 9.10. The van der Waals surface area contributed by atoms with Gasteiger partial charge in [0.25, 0.3) is 5.56 Å². The van der Waals surface area contributed by atoms with Crippen LogP contribution < -0.4 is 10.9 Å². The van der Waals surface area contributed by atoms with Crippen molar-refractivity contribution in [2.45, 2.75) is 45.6 Å². The van der Waals surface area contributed by atoms with Crippen LogP contribution in [0.15, 0.2) is 15.5 Å². The Balaban J connectivity index is 1.95. The predicted molar refractivity (Wildman–Crippen MR) is 77.0 cm³/mol. The lowest BCUT2D eigenvalue weighted by Gasteiger charge is -2.12. The normalized spacial score (nSPS) is 15.1. The van der Waals surface area contributed by atoms with Crippen molar-refractivity contribution in [3.8, 4) is 0 Å². The van der Waals surface area contributed by atoms with Crippen LogP contribution in [0, 0.1) is 5.92 Å². The Morgan fingerprint density at radius 2 is 2.28 bits per heavy atom. The zero-order chi connectivity index (χ0) is 13.1. The summed E-state index contributed by atoms with van der Waals surface area (Å²) in [7, 11) is 0. The number of aromatic nitrogens is 2. The SMILES string of the molecule is CC(C)n1ncc(NCCCC2CC2)c(Br)c1=O. The van der Waals surface area contributed by atoms with Gasteiger partial charge in [0.1, 0.15) is 4.47 Å². The van der Waals surface area contributed by atoms with Gasteiger partial charge in [-0.25, -0.2) is 4.68 Å². The summed E-state index contributed by atoms with van der Waals surface area (Å²) < 4.78 is 2.07. The van der Waals surface area contributed by atoms with Gasteiger partial charge < -0.3 is 5.32 Å². The fraction of sp³-hybridized carbons (Fsp3) is 0.692. The molecule has 1 saturated carbocycles. The maximum atomic E-state index is 12.0. The van der Waals surface area contributed by atoms with Crippen LogP contribution in [0.25, 0.3) is 0 Å². The van der Waals surface area contributed by atoms with Gasteiger partial charge in [0, 0.05) is 6.54 Å². The van der Waals surface area contributed by atoms with E-state index in [2.05, 4.69) is 26.3 Å². The molecular weight excluding hydrogens is 294 g/mol. The molecule has 1 fully saturated rings. The van der Waals surface area contributed by atoms with Gasteiger partial charge in [-0.15, -0.1) is 0 Å². The molecule has 0 bridgehead atoms. The molecule has 0 radical (unpaired) electrons. The molecule has 0 amide bonds. The second kappa shape index (κ2) is 5.87. The van der Waals surface area contributed by atoms with Crippen LogP contribution in [0.3, 0.4) is 0 Å². The fourth-order valence-electron chi connectivity index (χ4n) is 1.96. The van der Waals surface area contributed by atoms with E-state index < -0.39 is 0 Å². The molecule has 0 aliphatic heterocycles. The topological polar surface area (TPSA) is 46.9 Å². The lowest BCUT2D eigenvalue weighted by molar-refractivity contribution is 0.501. The van der Waals surface area contributed by atoms with E-state index in [1.165, 1.54) is 23.9 Å². The molecule has 1 aromatic heterocycles. The molecule has 1 aliphatic carbocycles. The Kier molecular flexibility index (Phi) is 4.43. The summed E-state index contributed by atoms with van der Waals surface area (Å²) in [6.45, 7) is 4.80. The zero-order valence-electron chi connectivity index (χ0n) is 10.9. The lowest BCUT2D eigenvalue weighted by atomic mass is 10.2. The predicted octanol–water partition coefficient (Wildman–Crippen LogP) is 3.19. The number of anilines is 1. The summed E-state index contributed by atoms with van der Waals surface area (Å²) in [5, 5.41) is 7.46. The molecule has 100 valence electrons. The van der Waals surface area contributed by atoms with E-state index in [1.807, 2.05) is 13.8 Å². The van der Waals surface area contributed by atoms with E-state index in [0.717, 1.165) is 24.6 Å². The second-order valence-electron chi connectivity index (χ2n) is 5.23. The Hall–Kier alpha value is -0.840. The second-order valence-corrected chi connectivity index (χ2v) is 6.02. The molecule has 0 aromatic carbocycles. The first-order chi connectivity index (χ1) is 8.59. The molecule has 0 saturated heterocycles. The highest BCUT2D eigenvalue weighted by Gasteiger charge is 2.20. The van der Waals surface area contributed by atoms with Gasteiger partial charge in [-0.3, -0.25) is 4.79 Å². The van der Waals surface area contributed by atoms with Crippen LogP contribution in [0.2, 0.25) is 0 Å². The fourth-order valence-corrected chi connectivity index (χ4v) is 2.38. The first-order valence-corrected chi connectivity index (χ1v) is 7.40. The van der Waals surface area contributed by atoms with Crippen molar-refractivity contribution in [2.75, 3.05) is 11.9 Å². The minimum atomic E-state index is -0.0720. The number of rotatable bonds is 6. The molecule has 0 atom stereocenters. The average molecular weight is 314 g/mol. The van der Waals surface area contributed by atoms with Gasteiger partial charge in [0.05, 0.1) is 17.9 Å². The molecule has 1 aliphatic rings. The monoisotopic (exact) mass is 313 g/mol. The van der Waals surface area contributed by atoms with Crippen molar-refractivity contribution < 1.29 is 0 Å². The quantitative estimate of drug-likeness (QED) is 0.820. The smallest absolute Gasteiger partial charge is 0.283 e. The highest BCUT2D eigenvalue weighted by atomic mass is 79.9. The third-order valence-electron chi connectivity index (χ3n) is 3.23. The number of halogens is 1. The molecule has 2 rings (SSSR count). The first-order valence-electron chi connectivity index (χ1n) is 6.60. The summed E-state index contributed by atoms with van der Waals surface area (Å²) in [6, 6.07) is 0.0812. The molecule has 4 nitrogen and oxygen atoms in total. The van der Waals surface area contributed by atoms with Crippen molar-refractivity contribution >= 4 is 21.6 Å². The standard InChI is InChI=1S/C13H20BrN3O/c1-9(2)17-13(18)12(14)11(8-16-17)15-7-3-4-10-5-6-10/h8-10,15H,3-7H2,1-2H3. The van der Waals surface area contributed by atoms with Crippen LogP contribution in [0.1, 0.15) is 45.6 Å². The largest absolute Gasteiger partial charge is 0.383 e. The average Bonchev–Trinajstić information content (AvgIpc) is 3.13. The van der Waals surface area contributed by atoms with Gasteiger partial charge in [-0.1, -0.05) is 12.8 Å². The number of hydrogen-bond acceptors (Lipinski definition) is 3. The zero-order valence-corrected chi connectivity index (χ0v) is 12.5. The van der Waals surface area contributed by atoms with E-state index in [9.17, 15) is 4.79 Å². The van der Waals surface area contributed by atoms with E-state index in [4.69, 9.17) is 0 Å². The Morgan fingerprint density at radius 1 is 1.56 bits per heavy atom. The minimum Gasteiger partial charge on any atom is -0.383 e. The van der Waals surface area contributed by atoms with E-state index in [0.29, 0.717) is 4.47 Å². The van der Waals surface area contributed by atoms with Crippen LogP contribution in [0.4, 0.5) is 5.69 Å². The number of nitrogens with one attached hydrogen (secondary N) is 1. The van der Waals surface area contributed by atoms with Crippen molar-refractivity contribution in [1.82, 2.24) is 9.78 Å². The summed E-state index contributed by atoms with van der Waals surface area (Å²) in [5.74, 6) is 0.960. The number of hydrogen-bond donors (Lipinski definition) is 1. The number of nitrogens with zero attached hydrogens (tertiary/aromatic N) is 2. The van der Waals surface area contributed by atoms with Crippen LogP contribution in [-0.2, 0) is 0 Å². The summed E-state index contributed by atoms with van der Waals surface area (Å²) >= 11 is 3.36. The third-order valence-corrected chi connectivity index (χ3v) is 4.00. The Morgan fingerprint density at radius 3 is 2.89 bits per heavy atom. The van der Waals surface area contributed by atoms with Gasteiger partial charge in [0.2, 0.25) is 0 Å². The van der Waals surface area contributed by atoms with Gasteiger partial charge in [-0.2, -0.15) is 5.10 Å². The van der Waals surface area contributed by atoms with Crippen molar-refractivity contribution in [2.24, 2.45) is 5.92 Å². The summed E-state index contributed by atoms with van der Waals surface area (Å²) in [6.07, 6.45) is 6.97. The van der Waals surface area contributed by atoms with Crippen molar-refractivity contribution in [3.63, 3.8) is 0 Å². The van der Waals surface area contributed by atoms with E-state index >= 15 is 0 Å². The first kappa shape index (κ1) is 13.6. The van der Waals surface area contributed by atoms with Gasteiger partial charge in [-0.05, 0) is 48.5 Å². The maximum absolute atomic E-state index is 12.0. The molecule has 18 heavy (non-hydrogen) atoms. The molecule has 0 spiro atoms. The van der Waals surface area contributed by atoms with Crippen LogP contribution >= 0.6 is 15.9 Å². The van der Waals surface area contributed by atoms with Crippen LogP contribution in [-0.4, -0.2) is 16.3 Å². The molecule has 5 heteroatoms. The van der Waals surface area contributed by atoms with Crippen molar-refractivity contribution in [3.05, 3.63) is 21.0 Å². The Labute approximate surface area is 116 Å².